The molecule has 1 amide bonds. The predicted molar refractivity (Wildman–Crippen MR) is 87.3 cm³/mol. The van der Waals surface area contributed by atoms with Gasteiger partial charge in [-0.25, -0.2) is 9.67 Å². The Morgan fingerprint density at radius 3 is 2.95 bits per heavy atom. The summed E-state index contributed by atoms with van der Waals surface area (Å²) >= 11 is 1.66. The molecule has 0 unspecified atom stereocenters. The van der Waals surface area contributed by atoms with E-state index in [1.54, 1.807) is 16.0 Å². The van der Waals surface area contributed by atoms with Gasteiger partial charge < -0.3 is 5.32 Å². The number of anilines is 1. The molecule has 2 aromatic heterocycles. The maximum atomic E-state index is 11.9. The fourth-order valence-corrected chi connectivity index (χ4v) is 3.01. The maximum absolute atomic E-state index is 11.9. The molecule has 3 heterocycles. The third kappa shape index (κ3) is 2.33. The Morgan fingerprint density at radius 2 is 2.09 bits per heavy atom. The first-order valence-corrected chi connectivity index (χ1v) is 7.73. The van der Waals surface area contributed by atoms with Crippen molar-refractivity contribution in [3.05, 3.63) is 52.5 Å². The molecule has 0 aliphatic carbocycles. The lowest BCUT2D eigenvalue weighted by molar-refractivity contribution is -0.116. The van der Waals surface area contributed by atoms with Crippen LogP contribution in [0.25, 0.3) is 23.5 Å². The highest BCUT2D eigenvalue weighted by Gasteiger charge is 2.20. The number of fused-ring (bicyclic) bond motifs is 3. The molecule has 1 aromatic carbocycles. The fourth-order valence-electron chi connectivity index (χ4n) is 2.40. The van der Waals surface area contributed by atoms with Crippen molar-refractivity contribution in [3.63, 3.8) is 0 Å². The van der Waals surface area contributed by atoms with Gasteiger partial charge in [-0.1, -0.05) is 18.2 Å². The van der Waals surface area contributed by atoms with Crippen LogP contribution in [0.3, 0.4) is 0 Å². The Hall–Kier alpha value is -2.73. The van der Waals surface area contributed by atoms with Gasteiger partial charge in [0.1, 0.15) is 6.54 Å². The third-order valence-electron chi connectivity index (χ3n) is 3.36. The van der Waals surface area contributed by atoms with Crippen molar-refractivity contribution in [2.75, 3.05) is 5.32 Å². The number of benzene rings is 1. The molecule has 1 aliphatic rings. The lowest BCUT2D eigenvalue weighted by atomic mass is 10.1. The van der Waals surface area contributed by atoms with E-state index in [-0.39, 0.29) is 12.5 Å². The quantitative estimate of drug-likeness (QED) is 0.791. The summed E-state index contributed by atoms with van der Waals surface area (Å²) in [7, 11) is 0. The molecule has 0 saturated heterocycles. The highest BCUT2D eigenvalue weighted by molar-refractivity contribution is 7.10. The maximum Gasteiger partial charge on any atom is 0.246 e. The molecule has 1 N–H and O–H groups in total. The van der Waals surface area contributed by atoms with Crippen molar-refractivity contribution in [3.8, 4) is 11.4 Å². The average molecular weight is 308 g/mol. The number of hydrogen-bond acceptors (Lipinski definition) is 4. The molecule has 4 rings (SSSR count). The van der Waals surface area contributed by atoms with Crippen LogP contribution < -0.4 is 5.32 Å². The third-order valence-corrected chi connectivity index (χ3v) is 4.20. The van der Waals surface area contributed by atoms with Gasteiger partial charge in [-0.2, -0.15) is 5.10 Å². The molecule has 0 saturated carbocycles. The van der Waals surface area contributed by atoms with Gasteiger partial charge in [-0.3, -0.25) is 4.79 Å². The molecule has 3 aromatic rings. The van der Waals surface area contributed by atoms with E-state index in [1.165, 1.54) is 0 Å². The summed E-state index contributed by atoms with van der Waals surface area (Å²) in [5.41, 5.74) is 1.66. The lowest BCUT2D eigenvalue weighted by Gasteiger charge is -2.03. The topological polar surface area (TPSA) is 59.8 Å². The van der Waals surface area contributed by atoms with Crippen molar-refractivity contribution in [1.29, 1.82) is 0 Å². The van der Waals surface area contributed by atoms with Crippen LogP contribution in [0.2, 0.25) is 0 Å². The monoisotopic (exact) mass is 308 g/mol. The summed E-state index contributed by atoms with van der Waals surface area (Å²) in [6.07, 6.45) is 3.85. The summed E-state index contributed by atoms with van der Waals surface area (Å²) in [5.74, 6) is 1.22. The summed E-state index contributed by atoms with van der Waals surface area (Å²) in [6.45, 7) is 0.170. The lowest BCUT2D eigenvalue weighted by Crippen LogP contribution is -2.17. The van der Waals surface area contributed by atoms with E-state index < -0.39 is 0 Å². The molecular weight excluding hydrogens is 296 g/mol. The average Bonchev–Trinajstić information content (AvgIpc) is 3.13. The zero-order valence-electron chi connectivity index (χ0n) is 11.6. The molecule has 0 bridgehead atoms. The second-order valence-electron chi connectivity index (χ2n) is 4.89. The van der Waals surface area contributed by atoms with Gasteiger partial charge in [0.15, 0.2) is 11.6 Å². The van der Waals surface area contributed by atoms with Crippen molar-refractivity contribution < 1.29 is 4.79 Å². The molecule has 108 valence electrons. The van der Waals surface area contributed by atoms with Crippen molar-refractivity contribution in [2.45, 2.75) is 6.54 Å². The number of aromatic nitrogens is 3. The Labute approximate surface area is 130 Å². The number of hydrogen-bond donors (Lipinski definition) is 1. The van der Waals surface area contributed by atoms with E-state index in [0.717, 1.165) is 16.1 Å². The van der Waals surface area contributed by atoms with Crippen LogP contribution in [-0.2, 0) is 11.3 Å². The van der Waals surface area contributed by atoms with Crippen molar-refractivity contribution >= 4 is 35.1 Å². The first-order chi connectivity index (χ1) is 10.8. The largest absolute Gasteiger partial charge is 0.324 e. The van der Waals surface area contributed by atoms with Gasteiger partial charge in [0.25, 0.3) is 0 Å². The van der Waals surface area contributed by atoms with Gasteiger partial charge in [-0.05, 0) is 35.7 Å². The van der Waals surface area contributed by atoms with E-state index in [0.29, 0.717) is 11.6 Å². The van der Waals surface area contributed by atoms with Crippen LogP contribution in [0.4, 0.5) is 5.69 Å². The number of nitrogens with one attached hydrogen (secondary N) is 1. The zero-order valence-corrected chi connectivity index (χ0v) is 12.4. The molecular formula is C16H12N4OS. The van der Waals surface area contributed by atoms with E-state index in [2.05, 4.69) is 15.4 Å². The number of nitrogens with zero attached hydrogens (tertiary/aromatic N) is 3. The molecule has 0 atom stereocenters. The van der Waals surface area contributed by atoms with Crippen LogP contribution in [0.15, 0.2) is 41.8 Å². The summed E-state index contributed by atoms with van der Waals surface area (Å²) in [6, 6.07) is 11.7. The Bertz CT molecular complexity index is 864. The Kier molecular flexibility index (Phi) is 3.08. The van der Waals surface area contributed by atoms with E-state index in [4.69, 9.17) is 0 Å². The highest BCUT2D eigenvalue weighted by atomic mass is 32.1. The van der Waals surface area contributed by atoms with Gasteiger partial charge in [-0.15, -0.1) is 11.3 Å². The second kappa shape index (κ2) is 5.23. The Morgan fingerprint density at radius 1 is 1.18 bits per heavy atom. The van der Waals surface area contributed by atoms with E-state index >= 15 is 0 Å². The number of rotatable bonds is 2. The van der Waals surface area contributed by atoms with Gasteiger partial charge in [0, 0.05) is 10.4 Å². The van der Waals surface area contributed by atoms with Crippen LogP contribution in [0.1, 0.15) is 10.7 Å². The van der Waals surface area contributed by atoms with Crippen LogP contribution in [0.5, 0.6) is 0 Å². The van der Waals surface area contributed by atoms with Crippen molar-refractivity contribution in [2.24, 2.45) is 0 Å². The molecule has 0 spiro atoms. The zero-order chi connectivity index (χ0) is 14.9. The molecule has 6 heteroatoms. The van der Waals surface area contributed by atoms with E-state index in [1.807, 2.05) is 53.9 Å². The van der Waals surface area contributed by atoms with Gasteiger partial charge in [0.2, 0.25) is 5.91 Å². The number of carbonyl (C=O) groups is 1. The fraction of sp³-hybridized carbons (Fsp3) is 0.0625. The molecule has 0 radical (unpaired) electrons. The second-order valence-corrected chi connectivity index (χ2v) is 5.87. The number of amides is 1. The minimum Gasteiger partial charge on any atom is -0.324 e. The summed E-state index contributed by atoms with van der Waals surface area (Å²) in [5, 5.41) is 9.32. The van der Waals surface area contributed by atoms with Gasteiger partial charge in [0.05, 0.1) is 5.69 Å². The van der Waals surface area contributed by atoms with Crippen molar-refractivity contribution in [1.82, 2.24) is 14.8 Å². The minimum atomic E-state index is -0.0927. The molecule has 5 nitrogen and oxygen atoms in total. The minimum absolute atomic E-state index is 0.0927. The molecule has 1 aliphatic heterocycles. The number of carbonyl (C=O) groups excluding carboxylic acids is 1. The molecule has 22 heavy (non-hydrogen) atoms. The Balaban J connectivity index is 1.77. The normalized spacial score (nSPS) is 13.5. The van der Waals surface area contributed by atoms with Gasteiger partial charge >= 0.3 is 0 Å². The summed E-state index contributed by atoms with van der Waals surface area (Å²) in [4.78, 5) is 17.7. The van der Waals surface area contributed by atoms with Crippen LogP contribution in [-0.4, -0.2) is 20.7 Å². The predicted octanol–water partition coefficient (Wildman–Crippen LogP) is 3.13. The standard InChI is InChI=1S/C16H12N4OS/c21-15-10-20-16(12-5-1-2-6-13(12)17-15)18-14(19-20)8-7-11-4-3-9-22-11/h1-9H,10H2,(H,17,21). The number of para-hydroxylation sites is 1. The highest BCUT2D eigenvalue weighted by Crippen LogP contribution is 2.29. The smallest absolute Gasteiger partial charge is 0.246 e. The van der Waals surface area contributed by atoms with Crippen LogP contribution in [0, 0.1) is 0 Å². The first kappa shape index (κ1) is 13.0. The summed E-state index contributed by atoms with van der Waals surface area (Å²) < 4.78 is 1.65. The SMILES string of the molecule is O=C1Cn2nc(C=Cc3cccs3)nc2-c2ccccc2N1. The van der Waals surface area contributed by atoms with E-state index in [9.17, 15) is 4.79 Å². The first-order valence-electron chi connectivity index (χ1n) is 6.85. The molecule has 0 fully saturated rings. The number of thiophene rings is 1. The van der Waals surface area contributed by atoms with Crippen LogP contribution >= 0.6 is 11.3 Å².